The summed E-state index contributed by atoms with van der Waals surface area (Å²) in [5.74, 6) is 0. The number of ether oxygens (including phenoxy) is 1. The van der Waals surface area contributed by atoms with Crippen molar-refractivity contribution in [2.75, 3.05) is 6.54 Å². The van der Waals surface area contributed by atoms with Crippen LogP contribution in [-0.4, -0.2) is 35.9 Å². The van der Waals surface area contributed by atoms with Crippen molar-refractivity contribution >= 4 is 33.6 Å². The van der Waals surface area contributed by atoms with E-state index in [1.807, 2.05) is 39.0 Å². The Morgan fingerprint density at radius 1 is 1.26 bits per heavy atom. The summed E-state index contributed by atoms with van der Waals surface area (Å²) in [6.45, 7) is 9.68. The molecule has 0 radical (unpaired) electrons. The second-order valence-corrected chi connectivity index (χ2v) is 11.1. The van der Waals surface area contributed by atoms with Gasteiger partial charge in [-0.25, -0.2) is 8.51 Å². The third-order valence-corrected chi connectivity index (χ3v) is 7.48. The Hall–Kier alpha value is 0.0200. The van der Waals surface area contributed by atoms with Gasteiger partial charge in [0.15, 0.2) is 0 Å². The molecule has 2 unspecified atom stereocenters. The van der Waals surface area contributed by atoms with Gasteiger partial charge in [-0.15, -0.1) is 0 Å². The first-order chi connectivity index (χ1) is 10.8. The minimum atomic E-state index is -1.05. The van der Waals surface area contributed by atoms with Crippen LogP contribution in [0.5, 0.6) is 0 Å². The molecule has 1 aromatic carbocycles. The molecule has 0 aromatic heterocycles. The van der Waals surface area contributed by atoms with Crippen molar-refractivity contribution in [1.29, 1.82) is 0 Å². The molecule has 3 nitrogen and oxygen atoms in total. The molecule has 0 aliphatic carbocycles. The van der Waals surface area contributed by atoms with Crippen molar-refractivity contribution in [1.82, 2.24) is 4.31 Å². The SMILES string of the molecule is CC1O[C@H](CN(Cc2ccccc2)[S@@](=O)C(C)(C)C)CCC1I. The summed E-state index contributed by atoms with van der Waals surface area (Å²) in [6, 6.07) is 10.3. The number of halogens is 1. The van der Waals surface area contributed by atoms with Crippen molar-refractivity contribution in [2.45, 2.75) is 68.0 Å². The second-order valence-electron chi connectivity index (χ2n) is 7.23. The van der Waals surface area contributed by atoms with Crippen molar-refractivity contribution in [3.8, 4) is 0 Å². The number of hydrogen-bond acceptors (Lipinski definition) is 2. The van der Waals surface area contributed by atoms with Gasteiger partial charge in [0.05, 0.1) is 17.0 Å². The van der Waals surface area contributed by atoms with Crippen LogP contribution in [0, 0.1) is 0 Å². The third-order valence-electron chi connectivity index (χ3n) is 4.05. The third kappa shape index (κ3) is 5.80. The first-order valence-corrected chi connectivity index (χ1v) is 10.6. The molecule has 1 aliphatic heterocycles. The molecule has 2 rings (SSSR count). The van der Waals surface area contributed by atoms with E-state index < -0.39 is 11.0 Å². The van der Waals surface area contributed by atoms with Gasteiger partial charge in [-0.1, -0.05) is 52.9 Å². The maximum absolute atomic E-state index is 13.0. The predicted octanol–water partition coefficient (Wildman–Crippen LogP) is 4.32. The lowest BCUT2D eigenvalue weighted by molar-refractivity contribution is -0.0393. The van der Waals surface area contributed by atoms with Crippen molar-refractivity contribution in [2.24, 2.45) is 0 Å². The summed E-state index contributed by atoms with van der Waals surface area (Å²) in [5.41, 5.74) is 1.20. The van der Waals surface area contributed by atoms with Crippen LogP contribution in [0.1, 0.15) is 46.1 Å². The fourth-order valence-electron chi connectivity index (χ4n) is 2.76. The normalized spacial score (nSPS) is 27.1. The lowest BCUT2D eigenvalue weighted by atomic mass is 10.0. The molecule has 23 heavy (non-hydrogen) atoms. The smallest absolute Gasteiger partial charge is 0.100 e. The maximum Gasteiger partial charge on any atom is 0.100 e. The fraction of sp³-hybridized carbons (Fsp3) is 0.667. The van der Waals surface area contributed by atoms with Gasteiger partial charge in [0.25, 0.3) is 0 Å². The predicted molar refractivity (Wildman–Crippen MR) is 106 cm³/mol. The Morgan fingerprint density at radius 2 is 1.91 bits per heavy atom. The minimum absolute atomic E-state index is 0.172. The van der Waals surface area contributed by atoms with Crippen LogP contribution in [-0.2, 0) is 22.3 Å². The molecule has 0 saturated carbocycles. The number of rotatable bonds is 5. The number of benzene rings is 1. The molecule has 1 heterocycles. The lowest BCUT2D eigenvalue weighted by Gasteiger charge is -2.36. The highest BCUT2D eigenvalue weighted by molar-refractivity contribution is 14.1. The van der Waals surface area contributed by atoms with Crippen molar-refractivity contribution in [3.05, 3.63) is 35.9 Å². The Bertz CT molecular complexity index is 518. The molecule has 130 valence electrons. The summed E-state index contributed by atoms with van der Waals surface area (Å²) >= 11 is 2.47. The molecule has 0 bridgehead atoms. The highest BCUT2D eigenvalue weighted by Crippen LogP contribution is 2.27. The molecular weight excluding hydrogens is 421 g/mol. The fourth-order valence-corrected chi connectivity index (χ4v) is 4.64. The minimum Gasteiger partial charge on any atom is -0.373 e. The molecule has 1 fully saturated rings. The first kappa shape index (κ1) is 19.3. The number of nitrogens with zero attached hydrogens (tertiary/aromatic N) is 1. The summed E-state index contributed by atoms with van der Waals surface area (Å²) in [7, 11) is -1.05. The average Bonchev–Trinajstić information content (AvgIpc) is 2.49. The zero-order valence-electron chi connectivity index (χ0n) is 14.5. The standard InChI is InChI=1S/C18H28INO2S/c1-14-17(19)11-10-16(22-14)13-20(23(21)18(2,3)4)12-15-8-6-5-7-9-15/h5-9,14,16-17H,10-13H2,1-4H3/t14?,16-,17?,23-/m0/s1. The van der Waals surface area contributed by atoms with Gasteiger partial charge in [0.2, 0.25) is 0 Å². The van der Waals surface area contributed by atoms with E-state index in [1.165, 1.54) is 12.0 Å². The Kier molecular flexibility index (Phi) is 7.07. The monoisotopic (exact) mass is 449 g/mol. The van der Waals surface area contributed by atoms with Gasteiger partial charge >= 0.3 is 0 Å². The van der Waals surface area contributed by atoms with E-state index in [0.717, 1.165) is 13.0 Å². The van der Waals surface area contributed by atoms with E-state index in [-0.39, 0.29) is 17.0 Å². The van der Waals surface area contributed by atoms with Crippen LogP contribution in [0.3, 0.4) is 0 Å². The Morgan fingerprint density at radius 3 is 2.48 bits per heavy atom. The first-order valence-electron chi connectivity index (χ1n) is 8.28. The van der Waals surface area contributed by atoms with Crippen LogP contribution in [0.2, 0.25) is 0 Å². The van der Waals surface area contributed by atoms with E-state index in [2.05, 4.69) is 46.0 Å². The van der Waals surface area contributed by atoms with Crippen LogP contribution < -0.4 is 0 Å². The Labute approximate surface area is 156 Å². The summed E-state index contributed by atoms with van der Waals surface area (Å²) in [4.78, 5) is 0. The molecule has 0 amide bonds. The van der Waals surface area contributed by atoms with Gasteiger partial charge in [-0.2, -0.15) is 0 Å². The lowest BCUT2D eigenvalue weighted by Crippen LogP contribution is -2.45. The van der Waals surface area contributed by atoms with Crippen molar-refractivity contribution in [3.63, 3.8) is 0 Å². The van der Waals surface area contributed by atoms with Crippen molar-refractivity contribution < 1.29 is 8.95 Å². The van der Waals surface area contributed by atoms with Crippen LogP contribution in [0.4, 0.5) is 0 Å². The summed E-state index contributed by atoms with van der Waals surface area (Å²) in [6.07, 6.45) is 2.67. The molecule has 1 saturated heterocycles. The van der Waals surface area contributed by atoms with Gasteiger partial charge in [0, 0.05) is 17.0 Å². The highest BCUT2D eigenvalue weighted by atomic mass is 127. The van der Waals surface area contributed by atoms with Gasteiger partial charge < -0.3 is 4.74 Å². The van der Waals surface area contributed by atoms with E-state index in [4.69, 9.17) is 4.74 Å². The van der Waals surface area contributed by atoms with E-state index in [9.17, 15) is 4.21 Å². The molecule has 0 N–H and O–H groups in total. The number of alkyl halides is 1. The van der Waals surface area contributed by atoms with Crippen LogP contribution in [0.15, 0.2) is 30.3 Å². The van der Waals surface area contributed by atoms with E-state index in [0.29, 0.717) is 10.5 Å². The molecule has 4 atom stereocenters. The maximum atomic E-state index is 13.0. The highest BCUT2D eigenvalue weighted by Gasteiger charge is 2.32. The number of hydrogen-bond donors (Lipinski definition) is 0. The van der Waals surface area contributed by atoms with E-state index >= 15 is 0 Å². The van der Waals surface area contributed by atoms with Gasteiger partial charge in [0.1, 0.15) is 11.0 Å². The molecule has 1 aromatic rings. The summed E-state index contributed by atoms with van der Waals surface area (Å²) in [5, 5.41) is 0. The van der Waals surface area contributed by atoms with E-state index in [1.54, 1.807) is 0 Å². The average molecular weight is 449 g/mol. The quantitative estimate of drug-likeness (QED) is 0.495. The second kappa shape index (κ2) is 8.41. The summed E-state index contributed by atoms with van der Waals surface area (Å²) < 4.78 is 21.5. The Balaban J connectivity index is 2.09. The molecule has 5 heteroatoms. The molecule has 0 spiro atoms. The van der Waals surface area contributed by atoms with Crippen LogP contribution in [0.25, 0.3) is 0 Å². The largest absolute Gasteiger partial charge is 0.373 e. The zero-order chi connectivity index (χ0) is 17.0. The van der Waals surface area contributed by atoms with Gasteiger partial charge in [-0.3, -0.25) is 0 Å². The van der Waals surface area contributed by atoms with Gasteiger partial charge in [-0.05, 0) is 46.1 Å². The van der Waals surface area contributed by atoms with Crippen LogP contribution >= 0.6 is 22.6 Å². The molecule has 1 aliphatic rings. The molecular formula is C18H28INO2S. The zero-order valence-corrected chi connectivity index (χ0v) is 17.5. The topological polar surface area (TPSA) is 29.5 Å².